The number of urea groups is 1. The molecular weight excluding hydrogens is 263 g/mol. The molecule has 1 aromatic rings. The van der Waals surface area contributed by atoms with E-state index in [1.54, 1.807) is 13.0 Å². The monoisotopic (exact) mass is 282 g/mol. The fourth-order valence-corrected chi connectivity index (χ4v) is 1.79. The van der Waals surface area contributed by atoms with Gasteiger partial charge in [-0.25, -0.2) is 9.18 Å². The van der Waals surface area contributed by atoms with Crippen LogP contribution in [0.1, 0.15) is 25.8 Å². The highest BCUT2D eigenvalue weighted by Gasteiger charge is 2.19. The molecule has 3 N–H and O–H groups in total. The average Bonchev–Trinajstić information content (AvgIpc) is 2.25. The van der Waals surface area contributed by atoms with Gasteiger partial charge in [-0.2, -0.15) is 0 Å². The number of carboxylic acids is 1. The van der Waals surface area contributed by atoms with Crippen LogP contribution in [0.15, 0.2) is 18.2 Å². The molecule has 20 heavy (non-hydrogen) atoms. The van der Waals surface area contributed by atoms with Gasteiger partial charge in [0, 0.05) is 11.7 Å². The number of amides is 2. The summed E-state index contributed by atoms with van der Waals surface area (Å²) in [6, 6.07) is 3.15. The Morgan fingerprint density at radius 3 is 2.45 bits per heavy atom. The summed E-state index contributed by atoms with van der Waals surface area (Å²) < 4.78 is 13.2. The number of hydrogen-bond acceptors (Lipinski definition) is 2. The molecule has 1 aromatic carbocycles. The molecule has 0 aliphatic carbocycles. The molecule has 0 aromatic heterocycles. The molecular formula is C14H19FN2O3. The third-order valence-corrected chi connectivity index (χ3v) is 2.82. The lowest BCUT2D eigenvalue weighted by Gasteiger charge is -2.21. The van der Waals surface area contributed by atoms with Crippen LogP contribution in [0.3, 0.4) is 0 Å². The molecule has 0 saturated carbocycles. The van der Waals surface area contributed by atoms with E-state index in [2.05, 4.69) is 10.6 Å². The van der Waals surface area contributed by atoms with Crippen molar-refractivity contribution in [3.8, 4) is 0 Å². The Balaban J connectivity index is 2.67. The predicted molar refractivity (Wildman–Crippen MR) is 74.2 cm³/mol. The molecule has 0 spiro atoms. The molecule has 0 fully saturated rings. The van der Waals surface area contributed by atoms with Gasteiger partial charge in [-0.1, -0.05) is 13.8 Å². The lowest BCUT2D eigenvalue weighted by Crippen LogP contribution is -2.42. The molecule has 0 heterocycles. The summed E-state index contributed by atoms with van der Waals surface area (Å²) in [7, 11) is 0. The summed E-state index contributed by atoms with van der Waals surface area (Å²) in [4.78, 5) is 22.5. The van der Waals surface area contributed by atoms with Gasteiger partial charge < -0.3 is 15.7 Å². The fourth-order valence-electron chi connectivity index (χ4n) is 1.79. The van der Waals surface area contributed by atoms with Crippen LogP contribution in [0.5, 0.6) is 0 Å². The van der Waals surface area contributed by atoms with E-state index in [1.165, 1.54) is 12.1 Å². The highest BCUT2D eigenvalue weighted by atomic mass is 19.1. The van der Waals surface area contributed by atoms with Crippen molar-refractivity contribution < 1.29 is 19.1 Å². The van der Waals surface area contributed by atoms with Gasteiger partial charge in [0.05, 0.1) is 6.42 Å². The van der Waals surface area contributed by atoms with Crippen LogP contribution >= 0.6 is 0 Å². The zero-order valence-corrected chi connectivity index (χ0v) is 11.7. The van der Waals surface area contributed by atoms with E-state index >= 15 is 0 Å². The molecule has 1 atom stereocenters. The Morgan fingerprint density at radius 2 is 1.95 bits per heavy atom. The van der Waals surface area contributed by atoms with Crippen molar-refractivity contribution >= 4 is 17.7 Å². The first-order valence-electron chi connectivity index (χ1n) is 6.34. The third kappa shape index (κ3) is 5.26. The number of carbonyl (C=O) groups excluding carboxylic acids is 1. The van der Waals surface area contributed by atoms with Crippen molar-refractivity contribution in [1.29, 1.82) is 0 Å². The van der Waals surface area contributed by atoms with Gasteiger partial charge in [0.15, 0.2) is 0 Å². The standard InChI is InChI=1S/C14H19FN2O3/c1-8(2)12(7-13(18)19)17-14(20)16-11-5-9(3)4-10(15)6-11/h4-6,8,12H,7H2,1-3H3,(H,18,19)(H2,16,17,20). The van der Waals surface area contributed by atoms with Gasteiger partial charge in [-0.15, -0.1) is 0 Å². The maximum Gasteiger partial charge on any atom is 0.319 e. The van der Waals surface area contributed by atoms with Crippen LogP contribution in [0.25, 0.3) is 0 Å². The fraction of sp³-hybridized carbons (Fsp3) is 0.429. The lowest BCUT2D eigenvalue weighted by atomic mass is 10.0. The van der Waals surface area contributed by atoms with Crippen LogP contribution in [-0.2, 0) is 4.79 Å². The second-order valence-electron chi connectivity index (χ2n) is 5.06. The quantitative estimate of drug-likeness (QED) is 0.777. The van der Waals surface area contributed by atoms with E-state index in [0.717, 1.165) is 0 Å². The van der Waals surface area contributed by atoms with E-state index in [-0.39, 0.29) is 12.3 Å². The Hall–Kier alpha value is -2.11. The summed E-state index contributed by atoms with van der Waals surface area (Å²) in [5, 5.41) is 13.9. The minimum absolute atomic E-state index is 0.0221. The van der Waals surface area contributed by atoms with Crippen LogP contribution in [-0.4, -0.2) is 23.1 Å². The van der Waals surface area contributed by atoms with E-state index in [4.69, 9.17) is 5.11 Å². The smallest absolute Gasteiger partial charge is 0.319 e. The Bertz CT molecular complexity index is 483. The number of carboxylic acid groups (broad SMARTS) is 1. The molecule has 2 amide bonds. The summed E-state index contributed by atoms with van der Waals surface area (Å²) in [6.07, 6.45) is -0.159. The maximum atomic E-state index is 13.2. The molecule has 0 radical (unpaired) electrons. The highest BCUT2D eigenvalue weighted by molar-refractivity contribution is 5.89. The van der Waals surface area contributed by atoms with Crippen LogP contribution in [0.4, 0.5) is 14.9 Å². The number of benzene rings is 1. The number of rotatable bonds is 5. The minimum atomic E-state index is -0.981. The SMILES string of the molecule is Cc1cc(F)cc(NC(=O)NC(CC(=O)O)C(C)C)c1. The molecule has 5 nitrogen and oxygen atoms in total. The van der Waals surface area contributed by atoms with Gasteiger partial charge in [-0.05, 0) is 36.6 Å². The Labute approximate surface area is 117 Å². The van der Waals surface area contributed by atoms with Gasteiger partial charge in [0.2, 0.25) is 0 Å². The molecule has 0 aliphatic rings. The van der Waals surface area contributed by atoms with Crippen LogP contribution < -0.4 is 10.6 Å². The van der Waals surface area contributed by atoms with Gasteiger partial charge >= 0.3 is 12.0 Å². The van der Waals surface area contributed by atoms with E-state index in [0.29, 0.717) is 11.3 Å². The number of aliphatic carboxylic acids is 1. The first kappa shape index (κ1) is 15.9. The number of halogens is 1. The van der Waals surface area contributed by atoms with Crippen molar-refractivity contribution in [3.05, 3.63) is 29.6 Å². The molecule has 6 heteroatoms. The average molecular weight is 282 g/mol. The second-order valence-corrected chi connectivity index (χ2v) is 5.06. The number of anilines is 1. The summed E-state index contributed by atoms with van der Waals surface area (Å²) in [6.45, 7) is 5.36. The Kier molecular flexibility index (Phi) is 5.49. The van der Waals surface area contributed by atoms with E-state index < -0.39 is 23.9 Å². The lowest BCUT2D eigenvalue weighted by molar-refractivity contribution is -0.137. The van der Waals surface area contributed by atoms with Crippen molar-refractivity contribution in [3.63, 3.8) is 0 Å². The first-order chi connectivity index (χ1) is 9.27. The van der Waals surface area contributed by atoms with Gasteiger partial charge in [0.25, 0.3) is 0 Å². The number of aryl methyl sites for hydroxylation is 1. The summed E-state index contributed by atoms with van der Waals surface area (Å²) in [5.41, 5.74) is 1.02. The number of carbonyl (C=O) groups is 2. The topological polar surface area (TPSA) is 78.4 Å². The highest BCUT2D eigenvalue weighted by Crippen LogP contribution is 2.13. The zero-order chi connectivity index (χ0) is 15.3. The summed E-state index contributed by atoms with van der Waals surface area (Å²) >= 11 is 0. The molecule has 1 rings (SSSR count). The minimum Gasteiger partial charge on any atom is -0.481 e. The normalized spacial score (nSPS) is 12.1. The molecule has 0 aliphatic heterocycles. The number of nitrogens with one attached hydrogen (secondary N) is 2. The predicted octanol–water partition coefficient (Wildman–Crippen LogP) is 2.75. The maximum absolute atomic E-state index is 13.2. The van der Waals surface area contributed by atoms with E-state index in [9.17, 15) is 14.0 Å². The molecule has 110 valence electrons. The van der Waals surface area contributed by atoms with Crippen molar-refractivity contribution in [1.82, 2.24) is 5.32 Å². The van der Waals surface area contributed by atoms with Crippen LogP contribution in [0.2, 0.25) is 0 Å². The molecule has 0 bridgehead atoms. The summed E-state index contributed by atoms with van der Waals surface area (Å²) in [5.74, 6) is -1.44. The third-order valence-electron chi connectivity index (χ3n) is 2.82. The zero-order valence-electron chi connectivity index (χ0n) is 11.7. The number of hydrogen-bond donors (Lipinski definition) is 3. The van der Waals surface area contributed by atoms with Crippen molar-refractivity contribution in [2.24, 2.45) is 5.92 Å². The molecule has 0 saturated heterocycles. The van der Waals surface area contributed by atoms with Gasteiger partial charge in [0.1, 0.15) is 5.82 Å². The van der Waals surface area contributed by atoms with Crippen molar-refractivity contribution in [2.45, 2.75) is 33.2 Å². The Morgan fingerprint density at radius 1 is 1.30 bits per heavy atom. The largest absolute Gasteiger partial charge is 0.481 e. The van der Waals surface area contributed by atoms with Crippen LogP contribution in [0, 0.1) is 18.7 Å². The second kappa shape index (κ2) is 6.88. The molecule has 1 unspecified atom stereocenters. The first-order valence-corrected chi connectivity index (χ1v) is 6.34. The van der Waals surface area contributed by atoms with Crippen molar-refractivity contribution in [2.75, 3.05) is 5.32 Å². The van der Waals surface area contributed by atoms with E-state index in [1.807, 2.05) is 13.8 Å². The van der Waals surface area contributed by atoms with Gasteiger partial charge in [-0.3, -0.25) is 4.79 Å².